The fourth-order valence-electron chi connectivity index (χ4n) is 2.60. The van der Waals surface area contributed by atoms with Crippen LogP contribution >= 0.6 is 0 Å². The zero-order valence-corrected chi connectivity index (χ0v) is 13.8. The lowest BCUT2D eigenvalue weighted by molar-refractivity contribution is 0.0973. The van der Waals surface area contributed by atoms with Gasteiger partial charge in [-0.3, -0.25) is 18.7 Å². The lowest BCUT2D eigenvalue weighted by atomic mass is 10.1. The van der Waals surface area contributed by atoms with Crippen LogP contribution in [0.15, 0.2) is 34.1 Å². The number of carbonyl (C=O) groups excluding carboxylic acids is 1. The van der Waals surface area contributed by atoms with Gasteiger partial charge in [-0.25, -0.2) is 14.2 Å². The van der Waals surface area contributed by atoms with Gasteiger partial charge in [-0.05, 0) is 18.2 Å². The van der Waals surface area contributed by atoms with Gasteiger partial charge in [0.2, 0.25) is 0 Å². The molecule has 0 amide bonds. The molecule has 0 unspecified atom stereocenters. The van der Waals surface area contributed by atoms with Gasteiger partial charge in [-0.15, -0.1) is 0 Å². The lowest BCUT2D eigenvalue weighted by Gasteiger charge is -2.07. The number of Topliss-reactive ketones (excluding diaryl/α,β-unsaturated/α-hetero) is 1. The molecule has 3 aromatic rings. The van der Waals surface area contributed by atoms with Gasteiger partial charge in [0.1, 0.15) is 0 Å². The average Bonchev–Trinajstić information content (AvgIpc) is 3.01. The maximum absolute atomic E-state index is 13.8. The minimum absolute atomic E-state index is 0.0356. The average molecular weight is 346 g/mol. The first-order valence-electron chi connectivity index (χ1n) is 7.32. The highest BCUT2D eigenvalue weighted by Gasteiger charge is 2.17. The molecule has 2 aromatic heterocycles. The molecule has 9 heteroatoms. The maximum Gasteiger partial charge on any atom is 0.332 e. The minimum Gasteiger partial charge on any atom is -0.494 e. The topological polar surface area (TPSA) is 88.1 Å². The summed E-state index contributed by atoms with van der Waals surface area (Å²) < 4.78 is 22.1. The number of rotatable bonds is 4. The first kappa shape index (κ1) is 16.6. The molecule has 3 rings (SSSR count). The van der Waals surface area contributed by atoms with Crippen molar-refractivity contribution in [1.82, 2.24) is 18.7 Å². The van der Waals surface area contributed by atoms with Gasteiger partial charge >= 0.3 is 5.69 Å². The van der Waals surface area contributed by atoms with E-state index >= 15 is 0 Å². The molecular formula is C16H15FN4O4. The molecule has 0 fully saturated rings. The summed E-state index contributed by atoms with van der Waals surface area (Å²) >= 11 is 0. The second-order valence-corrected chi connectivity index (χ2v) is 5.52. The third-order valence-electron chi connectivity index (χ3n) is 4.00. The van der Waals surface area contributed by atoms with E-state index in [-0.39, 0.29) is 29.0 Å². The SMILES string of the molecule is COc1ccc(C(=O)Cn2cnc3c2c(=O)n(C)c(=O)n3C)cc1F. The van der Waals surface area contributed by atoms with Crippen LogP contribution in [-0.4, -0.2) is 31.6 Å². The number of hydrogen-bond donors (Lipinski definition) is 0. The standard InChI is InChI=1S/C16H15FN4O4/c1-19-14-13(15(23)20(2)16(19)24)21(8-18-14)7-11(22)9-4-5-12(25-3)10(17)6-9/h4-6,8H,7H2,1-3H3. The Balaban J connectivity index is 2.04. The van der Waals surface area contributed by atoms with E-state index in [1.165, 1.54) is 48.8 Å². The molecule has 0 aliphatic heterocycles. The Morgan fingerprint density at radius 1 is 1.24 bits per heavy atom. The number of aromatic nitrogens is 4. The smallest absolute Gasteiger partial charge is 0.332 e. The highest BCUT2D eigenvalue weighted by molar-refractivity contribution is 5.96. The third-order valence-corrected chi connectivity index (χ3v) is 4.00. The van der Waals surface area contributed by atoms with Crippen LogP contribution in [0, 0.1) is 5.82 Å². The first-order chi connectivity index (χ1) is 11.8. The van der Waals surface area contributed by atoms with Crippen LogP contribution in [0.5, 0.6) is 5.75 Å². The van der Waals surface area contributed by atoms with Crippen LogP contribution in [0.4, 0.5) is 4.39 Å². The Morgan fingerprint density at radius 2 is 1.96 bits per heavy atom. The molecule has 0 radical (unpaired) electrons. The van der Waals surface area contributed by atoms with Crippen LogP contribution in [-0.2, 0) is 20.6 Å². The maximum atomic E-state index is 13.8. The van der Waals surface area contributed by atoms with Gasteiger partial charge in [0.05, 0.1) is 20.0 Å². The number of halogens is 1. The van der Waals surface area contributed by atoms with Crippen molar-refractivity contribution in [2.24, 2.45) is 14.1 Å². The van der Waals surface area contributed by atoms with E-state index in [1.807, 2.05) is 0 Å². The molecule has 0 spiro atoms. The van der Waals surface area contributed by atoms with Gasteiger partial charge in [-0.1, -0.05) is 0 Å². The van der Waals surface area contributed by atoms with E-state index in [2.05, 4.69) is 4.98 Å². The molecular weight excluding hydrogens is 331 g/mol. The number of ether oxygens (including phenoxy) is 1. The van der Waals surface area contributed by atoms with Gasteiger partial charge in [-0.2, -0.15) is 0 Å². The fraction of sp³-hybridized carbons (Fsp3) is 0.250. The summed E-state index contributed by atoms with van der Waals surface area (Å²) in [6, 6.07) is 3.88. The van der Waals surface area contributed by atoms with Crippen molar-refractivity contribution < 1.29 is 13.9 Å². The largest absolute Gasteiger partial charge is 0.494 e. The van der Waals surface area contributed by atoms with Gasteiger partial charge in [0.15, 0.2) is 28.5 Å². The minimum atomic E-state index is -0.651. The van der Waals surface area contributed by atoms with Gasteiger partial charge in [0.25, 0.3) is 5.56 Å². The molecule has 0 aliphatic carbocycles. The predicted octanol–water partition coefficient (Wildman–Crippen LogP) is 0.464. The van der Waals surface area contributed by atoms with Crippen molar-refractivity contribution in [2.45, 2.75) is 6.54 Å². The molecule has 25 heavy (non-hydrogen) atoms. The lowest BCUT2D eigenvalue weighted by Crippen LogP contribution is -2.37. The van der Waals surface area contributed by atoms with Crippen LogP contribution in [0.25, 0.3) is 11.2 Å². The monoisotopic (exact) mass is 346 g/mol. The zero-order valence-electron chi connectivity index (χ0n) is 13.8. The molecule has 0 N–H and O–H groups in total. The third kappa shape index (κ3) is 2.63. The number of methoxy groups -OCH3 is 1. The van der Waals surface area contributed by atoms with E-state index in [4.69, 9.17) is 4.74 Å². The second-order valence-electron chi connectivity index (χ2n) is 5.52. The van der Waals surface area contributed by atoms with E-state index in [1.54, 1.807) is 0 Å². The van der Waals surface area contributed by atoms with Crippen LogP contribution in [0.2, 0.25) is 0 Å². The normalized spacial score (nSPS) is 11.0. The number of benzene rings is 1. The summed E-state index contributed by atoms with van der Waals surface area (Å²) in [6.07, 6.45) is 1.31. The van der Waals surface area contributed by atoms with Crippen molar-refractivity contribution in [3.63, 3.8) is 0 Å². The Bertz CT molecular complexity index is 1110. The Labute approximate surface area is 140 Å². The number of nitrogens with zero attached hydrogens (tertiary/aromatic N) is 4. The summed E-state index contributed by atoms with van der Waals surface area (Å²) in [6.45, 7) is -0.213. The van der Waals surface area contributed by atoms with Crippen molar-refractivity contribution in [3.05, 3.63) is 56.7 Å². The van der Waals surface area contributed by atoms with Gasteiger partial charge in [0, 0.05) is 19.7 Å². The van der Waals surface area contributed by atoms with Crippen LogP contribution in [0.1, 0.15) is 10.4 Å². The zero-order chi connectivity index (χ0) is 18.3. The summed E-state index contributed by atoms with van der Waals surface area (Å²) in [5, 5.41) is 0. The summed E-state index contributed by atoms with van der Waals surface area (Å²) in [5.41, 5.74) is -0.605. The summed E-state index contributed by atoms with van der Waals surface area (Å²) in [5.74, 6) is -1.02. The quantitative estimate of drug-likeness (QED) is 0.641. The Hall–Kier alpha value is -3.23. The Kier molecular flexibility index (Phi) is 3.99. The number of ketones is 1. The molecule has 2 heterocycles. The van der Waals surface area contributed by atoms with Crippen molar-refractivity contribution in [2.75, 3.05) is 7.11 Å². The predicted molar refractivity (Wildman–Crippen MR) is 87.5 cm³/mol. The number of aryl methyl sites for hydroxylation is 1. The van der Waals surface area contributed by atoms with E-state index in [9.17, 15) is 18.8 Å². The summed E-state index contributed by atoms with van der Waals surface area (Å²) in [4.78, 5) is 40.7. The molecule has 0 aliphatic rings. The molecule has 0 atom stereocenters. The van der Waals surface area contributed by atoms with Crippen molar-refractivity contribution in [3.8, 4) is 5.75 Å². The molecule has 8 nitrogen and oxygen atoms in total. The van der Waals surface area contributed by atoms with Crippen LogP contribution in [0.3, 0.4) is 0 Å². The number of hydrogen-bond acceptors (Lipinski definition) is 5. The molecule has 1 aromatic carbocycles. The van der Waals surface area contributed by atoms with E-state index in [0.717, 1.165) is 10.6 Å². The molecule has 0 saturated carbocycles. The highest BCUT2D eigenvalue weighted by atomic mass is 19.1. The summed E-state index contributed by atoms with van der Waals surface area (Å²) in [7, 11) is 4.17. The number of carbonyl (C=O) groups is 1. The number of imidazole rings is 1. The van der Waals surface area contributed by atoms with Gasteiger partial charge < -0.3 is 9.30 Å². The molecule has 130 valence electrons. The van der Waals surface area contributed by atoms with Crippen LogP contribution < -0.4 is 16.0 Å². The fourth-order valence-corrected chi connectivity index (χ4v) is 2.60. The number of fused-ring (bicyclic) bond motifs is 1. The highest BCUT2D eigenvalue weighted by Crippen LogP contribution is 2.18. The Morgan fingerprint density at radius 3 is 2.60 bits per heavy atom. The van der Waals surface area contributed by atoms with E-state index in [0.29, 0.717) is 0 Å². The first-order valence-corrected chi connectivity index (χ1v) is 7.32. The van der Waals surface area contributed by atoms with E-state index < -0.39 is 22.8 Å². The van der Waals surface area contributed by atoms with Crippen molar-refractivity contribution >= 4 is 16.9 Å². The van der Waals surface area contributed by atoms with Crippen molar-refractivity contribution in [1.29, 1.82) is 0 Å². The second kappa shape index (κ2) is 6.00. The molecule has 0 bridgehead atoms. The molecule has 0 saturated heterocycles.